The van der Waals surface area contributed by atoms with E-state index in [4.69, 9.17) is 11.6 Å². The van der Waals surface area contributed by atoms with Gasteiger partial charge >= 0.3 is 6.18 Å². The summed E-state index contributed by atoms with van der Waals surface area (Å²) < 4.78 is 65.0. The summed E-state index contributed by atoms with van der Waals surface area (Å²) >= 11 is 6.06. The fourth-order valence-corrected chi connectivity index (χ4v) is 4.83. The largest absolute Gasteiger partial charge is 0.416 e. The Labute approximate surface area is 220 Å². The molecule has 2 aromatic carbocycles. The molecule has 204 valence electrons. The summed E-state index contributed by atoms with van der Waals surface area (Å²) in [5.74, 6) is -0.768. The van der Waals surface area contributed by atoms with Crippen molar-refractivity contribution in [3.63, 3.8) is 0 Å². The Balaban J connectivity index is 2.22. The van der Waals surface area contributed by atoms with Gasteiger partial charge in [0.2, 0.25) is 21.8 Å². The Hall–Kier alpha value is -2.79. The van der Waals surface area contributed by atoms with Crippen molar-refractivity contribution in [2.45, 2.75) is 58.4 Å². The van der Waals surface area contributed by atoms with E-state index in [1.54, 1.807) is 45.0 Å². The topological polar surface area (TPSA) is 86.8 Å². The molecule has 1 atom stereocenters. The molecule has 0 aliphatic carbocycles. The molecule has 0 saturated carbocycles. The zero-order valence-electron chi connectivity index (χ0n) is 21.0. The van der Waals surface area contributed by atoms with Crippen LogP contribution in [0.2, 0.25) is 5.02 Å². The fourth-order valence-electron chi connectivity index (χ4n) is 3.66. The minimum absolute atomic E-state index is 0.0205. The second kappa shape index (κ2) is 12.6. The molecular weight excluding hydrogens is 531 g/mol. The van der Waals surface area contributed by atoms with Crippen molar-refractivity contribution >= 4 is 39.1 Å². The number of amides is 2. The van der Waals surface area contributed by atoms with E-state index in [1.165, 1.54) is 11.0 Å². The van der Waals surface area contributed by atoms with Crippen LogP contribution in [-0.4, -0.2) is 50.0 Å². The van der Waals surface area contributed by atoms with Crippen LogP contribution in [0, 0.1) is 0 Å². The van der Waals surface area contributed by atoms with Crippen LogP contribution in [0.1, 0.15) is 44.7 Å². The van der Waals surface area contributed by atoms with Crippen molar-refractivity contribution in [3.05, 3.63) is 64.7 Å². The number of rotatable bonds is 11. The molecule has 0 aromatic heterocycles. The number of halogens is 4. The van der Waals surface area contributed by atoms with Gasteiger partial charge in [0, 0.05) is 30.6 Å². The summed E-state index contributed by atoms with van der Waals surface area (Å²) in [7, 11) is -3.93. The average Bonchev–Trinajstić information content (AvgIpc) is 2.78. The van der Waals surface area contributed by atoms with Crippen LogP contribution in [0.25, 0.3) is 0 Å². The lowest BCUT2D eigenvalue weighted by atomic mass is 10.1. The Morgan fingerprint density at radius 2 is 1.70 bits per heavy atom. The number of nitrogens with one attached hydrogen (secondary N) is 1. The molecule has 0 heterocycles. The predicted molar refractivity (Wildman–Crippen MR) is 138 cm³/mol. The quantitative estimate of drug-likeness (QED) is 0.425. The average molecular weight is 562 g/mol. The highest BCUT2D eigenvalue weighted by Gasteiger charge is 2.32. The van der Waals surface area contributed by atoms with E-state index in [9.17, 15) is 31.2 Å². The van der Waals surface area contributed by atoms with Gasteiger partial charge in [-0.3, -0.25) is 13.9 Å². The molecule has 37 heavy (non-hydrogen) atoms. The number of anilines is 1. The number of alkyl halides is 3. The lowest BCUT2D eigenvalue weighted by Gasteiger charge is -2.30. The maximum absolute atomic E-state index is 13.2. The molecule has 2 aromatic rings. The molecule has 0 aliphatic heterocycles. The highest BCUT2D eigenvalue weighted by molar-refractivity contribution is 7.92. The number of hydrogen-bond acceptors (Lipinski definition) is 4. The fraction of sp³-hybridized carbons (Fsp3) is 0.440. The number of sulfonamides is 1. The van der Waals surface area contributed by atoms with Crippen LogP contribution in [-0.2, 0) is 32.3 Å². The van der Waals surface area contributed by atoms with Gasteiger partial charge in [0.05, 0.1) is 17.5 Å². The first-order valence-corrected chi connectivity index (χ1v) is 13.8. The van der Waals surface area contributed by atoms with Gasteiger partial charge in [-0.05, 0) is 63.1 Å². The third-order valence-corrected chi connectivity index (χ3v) is 6.88. The van der Waals surface area contributed by atoms with Gasteiger partial charge < -0.3 is 10.2 Å². The predicted octanol–water partition coefficient (Wildman–Crippen LogP) is 4.85. The summed E-state index contributed by atoms with van der Waals surface area (Å²) in [6, 6.07) is 9.87. The molecule has 0 saturated heterocycles. The van der Waals surface area contributed by atoms with Crippen molar-refractivity contribution in [1.29, 1.82) is 0 Å². The molecule has 7 nitrogen and oxygen atoms in total. The van der Waals surface area contributed by atoms with Gasteiger partial charge in [0.1, 0.15) is 6.04 Å². The molecule has 0 radical (unpaired) electrons. The minimum atomic E-state index is -4.64. The molecule has 0 unspecified atom stereocenters. The maximum Gasteiger partial charge on any atom is 0.416 e. The molecule has 2 amide bonds. The van der Waals surface area contributed by atoms with Crippen molar-refractivity contribution in [3.8, 4) is 0 Å². The maximum atomic E-state index is 13.2. The summed E-state index contributed by atoms with van der Waals surface area (Å²) in [5.41, 5.74) is -0.426. The molecular formula is C25H31ClF3N3O4S. The number of carbonyl (C=O) groups excluding carboxylic acids is 2. The first-order valence-electron chi connectivity index (χ1n) is 11.6. The summed E-state index contributed by atoms with van der Waals surface area (Å²) in [5, 5.41) is 3.24. The van der Waals surface area contributed by atoms with Gasteiger partial charge in [0.15, 0.2) is 0 Å². The second-order valence-corrected chi connectivity index (χ2v) is 11.3. The summed E-state index contributed by atoms with van der Waals surface area (Å²) in [4.78, 5) is 27.2. The smallest absolute Gasteiger partial charge is 0.352 e. The SMILES string of the molecule is CC(C)NC(=O)[C@H](C)N(Cc1cccc(Cl)c1)C(=O)CCCN(c1cccc(C(F)(F)F)c1)S(C)(=O)=O. The molecule has 0 spiro atoms. The minimum Gasteiger partial charge on any atom is -0.352 e. The Kier molecular flexibility index (Phi) is 10.4. The van der Waals surface area contributed by atoms with E-state index in [0.717, 1.165) is 28.8 Å². The number of carbonyl (C=O) groups is 2. The monoisotopic (exact) mass is 561 g/mol. The van der Waals surface area contributed by atoms with E-state index >= 15 is 0 Å². The zero-order valence-corrected chi connectivity index (χ0v) is 22.6. The normalized spacial score (nSPS) is 12.8. The number of benzene rings is 2. The first-order chi connectivity index (χ1) is 17.1. The van der Waals surface area contributed by atoms with Crippen molar-refractivity contribution < 1.29 is 31.2 Å². The van der Waals surface area contributed by atoms with Crippen LogP contribution >= 0.6 is 11.6 Å². The van der Waals surface area contributed by atoms with Crippen molar-refractivity contribution in [2.24, 2.45) is 0 Å². The van der Waals surface area contributed by atoms with Crippen LogP contribution in [0.3, 0.4) is 0 Å². The summed E-state index contributed by atoms with van der Waals surface area (Å²) in [6.07, 6.45) is -3.86. The molecule has 2 rings (SSSR count). The van der Waals surface area contributed by atoms with Crippen molar-refractivity contribution in [1.82, 2.24) is 10.2 Å². The van der Waals surface area contributed by atoms with Crippen molar-refractivity contribution in [2.75, 3.05) is 17.1 Å². The first kappa shape index (κ1) is 30.4. The molecule has 12 heteroatoms. The van der Waals surface area contributed by atoms with Crippen LogP contribution < -0.4 is 9.62 Å². The van der Waals surface area contributed by atoms with E-state index in [1.807, 2.05) is 0 Å². The Morgan fingerprint density at radius 1 is 1.05 bits per heavy atom. The van der Waals surface area contributed by atoms with Gasteiger partial charge in [-0.2, -0.15) is 13.2 Å². The van der Waals surface area contributed by atoms with E-state index in [2.05, 4.69) is 5.32 Å². The number of hydrogen-bond donors (Lipinski definition) is 1. The van der Waals surface area contributed by atoms with Crippen LogP contribution in [0.4, 0.5) is 18.9 Å². The van der Waals surface area contributed by atoms with Gasteiger partial charge in [-0.15, -0.1) is 0 Å². The second-order valence-electron chi connectivity index (χ2n) is 8.98. The molecule has 0 fully saturated rings. The standard InChI is InChI=1S/C25H31ClF3N3O4S/c1-17(2)30-24(34)18(3)31(16-19-8-5-10-21(26)14-19)23(33)12-7-13-32(37(4,35)36)22-11-6-9-20(15-22)25(27,28)29/h5-6,8-11,14-15,17-18H,7,12-13,16H2,1-4H3,(H,30,34)/t18-/m0/s1. The van der Waals surface area contributed by atoms with Crippen LogP contribution in [0.15, 0.2) is 48.5 Å². The van der Waals surface area contributed by atoms with E-state index in [0.29, 0.717) is 10.6 Å². The number of nitrogens with zero attached hydrogens (tertiary/aromatic N) is 2. The lowest BCUT2D eigenvalue weighted by molar-refractivity contribution is -0.140. The molecule has 1 N–H and O–H groups in total. The third-order valence-electron chi connectivity index (χ3n) is 5.45. The van der Waals surface area contributed by atoms with Gasteiger partial charge in [0.25, 0.3) is 0 Å². The highest BCUT2D eigenvalue weighted by Crippen LogP contribution is 2.32. The lowest BCUT2D eigenvalue weighted by Crippen LogP contribution is -2.49. The summed E-state index contributed by atoms with van der Waals surface area (Å²) in [6.45, 7) is 5.05. The highest BCUT2D eigenvalue weighted by atomic mass is 35.5. The van der Waals surface area contributed by atoms with E-state index in [-0.39, 0.29) is 43.6 Å². The van der Waals surface area contributed by atoms with E-state index < -0.39 is 33.7 Å². The van der Waals surface area contributed by atoms with Gasteiger partial charge in [-0.1, -0.05) is 29.8 Å². The Morgan fingerprint density at radius 3 is 2.27 bits per heavy atom. The third kappa shape index (κ3) is 9.23. The van der Waals surface area contributed by atoms with Crippen LogP contribution in [0.5, 0.6) is 0 Å². The molecule has 0 bridgehead atoms. The Bertz CT molecular complexity index is 1210. The molecule has 0 aliphatic rings. The zero-order chi connectivity index (χ0) is 28.0. The van der Waals surface area contributed by atoms with Gasteiger partial charge in [-0.25, -0.2) is 8.42 Å².